The molecule has 0 aliphatic heterocycles. The first-order valence-electron chi connectivity index (χ1n) is 7.89. The lowest BCUT2D eigenvalue weighted by Gasteiger charge is -2.19. The van der Waals surface area contributed by atoms with E-state index in [0.29, 0.717) is 16.7 Å². The number of aromatic nitrogens is 2. The summed E-state index contributed by atoms with van der Waals surface area (Å²) in [5.41, 5.74) is -7.11. The lowest BCUT2D eigenvalue weighted by Crippen LogP contribution is -2.27. The third kappa shape index (κ3) is 5.33. The van der Waals surface area contributed by atoms with Crippen LogP contribution in [0.2, 0.25) is 0 Å². The van der Waals surface area contributed by atoms with Gasteiger partial charge < -0.3 is 5.32 Å². The zero-order valence-electron chi connectivity index (χ0n) is 14.9. The zero-order valence-corrected chi connectivity index (χ0v) is 14.9. The Balaban J connectivity index is 2.70. The van der Waals surface area contributed by atoms with Crippen molar-refractivity contribution in [1.82, 2.24) is 9.55 Å². The van der Waals surface area contributed by atoms with Crippen molar-refractivity contribution in [3.8, 4) is 0 Å². The lowest BCUT2D eigenvalue weighted by atomic mass is 10.1. The highest BCUT2D eigenvalue weighted by Crippen LogP contribution is 2.40. The molecule has 2 aromatic rings. The Labute approximate surface area is 162 Å². The molecule has 0 spiro atoms. The van der Waals surface area contributed by atoms with Gasteiger partial charge in [-0.05, 0) is 25.1 Å². The van der Waals surface area contributed by atoms with E-state index in [9.17, 15) is 44.3 Å². The maximum Gasteiger partial charge on any atom is 0.433 e. The summed E-state index contributed by atoms with van der Waals surface area (Å²) in [4.78, 5) is 15.2. The molecule has 0 radical (unpaired) electrons. The second kappa shape index (κ2) is 7.69. The number of halogens is 9. The first-order valence-corrected chi connectivity index (χ1v) is 7.89. The summed E-state index contributed by atoms with van der Waals surface area (Å²) in [5.74, 6) is -0.942. The molecule has 0 amide bonds. The summed E-state index contributed by atoms with van der Waals surface area (Å²) in [5, 5.41) is 1.91. The van der Waals surface area contributed by atoms with Gasteiger partial charge >= 0.3 is 18.5 Å². The Morgan fingerprint density at radius 3 is 2.07 bits per heavy atom. The predicted octanol–water partition coefficient (Wildman–Crippen LogP) is 5.62. The van der Waals surface area contributed by atoms with E-state index in [2.05, 4.69) is 11.6 Å². The van der Waals surface area contributed by atoms with Crippen LogP contribution in [-0.4, -0.2) is 9.55 Å². The minimum absolute atomic E-state index is 0.144. The van der Waals surface area contributed by atoms with Crippen LogP contribution in [0.4, 0.5) is 51.1 Å². The molecule has 1 aromatic carbocycles. The summed E-state index contributed by atoms with van der Waals surface area (Å²) >= 11 is 0. The molecule has 0 saturated carbocycles. The van der Waals surface area contributed by atoms with Crippen LogP contribution in [0, 0.1) is 0 Å². The highest BCUT2D eigenvalue weighted by Gasteiger charge is 2.39. The number of nitrogens with zero attached hydrogens (tertiary/aromatic N) is 2. The minimum Gasteiger partial charge on any atom is -0.325 e. The molecule has 0 fully saturated rings. The Kier molecular flexibility index (Phi) is 5.97. The predicted molar refractivity (Wildman–Crippen MR) is 88.0 cm³/mol. The van der Waals surface area contributed by atoms with Crippen LogP contribution in [0.25, 0.3) is 0 Å². The molecule has 0 saturated heterocycles. The van der Waals surface area contributed by atoms with Gasteiger partial charge in [0.15, 0.2) is 5.69 Å². The summed E-state index contributed by atoms with van der Waals surface area (Å²) < 4.78 is 118. The van der Waals surface area contributed by atoms with E-state index in [1.165, 1.54) is 6.92 Å². The topological polar surface area (TPSA) is 46.9 Å². The smallest absolute Gasteiger partial charge is 0.325 e. The number of hydrogen-bond donors (Lipinski definition) is 1. The number of nitrogens with one attached hydrogen (secondary N) is 1. The van der Waals surface area contributed by atoms with Crippen LogP contribution in [0.1, 0.15) is 23.7 Å². The fraction of sp³-hybridized carbons (Fsp3) is 0.294. The van der Waals surface area contributed by atoms with Crippen molar-refractivity contribution in [1.29, 1.82) is 0 Å². The van der Waals surface area contributed by atoms with Crippen molar-refractivity contribution in [2.75, 3.05) is 5.32 Å². The van der Waals surface area contributed by atoms with Gasteiger partial charge in [-0.25, -0.2) is 4.98 Å². The normalized spacial score (nSPS) is 12.7. The molecule has 1 N–H and O–H groups in total. The van der Waals surface area contributed by atoms with Crippen molar-refractivity contribution in [3.05, 3.63) is 63.6 Å². The summed E-state index contributed by atoms with van der Waals surface area (Å²) in [6, 6.07) is 0.651. The molecule has 0 unspecified atom stereocenters. The van der Waals surface area contributed by atoms with Gasteiger partial charge in [-0.15, -0.1) is 0 Å². The fourth-order valence-electron chi connectivity index (χ4n) is 2.35. The first-order chi connectivity index (χ1) is 13.5. The van der Waals surface area contributed by atoms with Crippen LogP contribution in [-0.2, 0) is 25.1 Å². The van der Waals surface area contributed by atoms with Gasteiger partial charge in [0, 0.05) is 12.6 Å². The van der Waals surface area contributed by atoms with Crippen molar-refractivity contribution >= 4 is 11.6 Å². The van der Waals surface area contributed by atoms with Crippen molar-refractivity contribution in [3.63, 3.8) is 0 Å². The molecule has 164 valence electrons. The molecular formula is C17H12F9N3O. The van der Waals surface area contributed by atoms with Gasteiger partial charge in [-0.2, -0.15) is 39.5 Å². The average molecular weight is 445 g/mol. The minimum atomic E-state index is -5.29. The Hall–Kier alpha value is -2.99. The standard InChI is InChI=1S/C17H12F9N3O/c1-8(2)7-29-13(30)6-12(17(24,25)26)28-14(29)27-11-4-3-9(15(18,19)20)5-10(11)16(21,22)23/h3-6H,1,7H2,2H3,(H,27,28). The number of rotatable bonds is 4. The van der Waals surface area contributed by atoms with Crippen LogP contribution >= 0.6 is 0 Å². The first kappa shape index (κ1) is 23.3. The third-order valence-electron chi connectivity index (χ3n) is 3.63. The Bertz CT molecular complexity index is 1020. The molecule has 0 aliphatic carbocycles. The molecule has 13 heteroatoms. The second-order valence-corrected chi connectivity index (χ2v) is 6.23. The summed E-state index contributed by atoms with van der Waals surface area (Å²) in [6.07, 6.45) is -15.5. The molecule has 0 bridgehead atoms. The molecule has 1 aromatic heterocycles. The largest absolute Gasteiger partial charge is 0.433 e. The molecule has 0 atom stereocenters. The van der Waals surface area contributed by atoms with Gasteiger partial charge in [0.05, 0.1) is 16.8 Å². The highest BCUT2D eigenvalue weighted by molar-refractivity contribution is 5.61. The third-order valence-corrected chi connectivity index (χ3v) is 3.63. The lowest BCUT2D eigenvalue weighted by molar-refractivity contribution is -0.143. The number of benzene rings is 1. The number of allylic oxidation sites excluding steroid dienone is 1. The van der Waals surface area contributed by atoms with E-state index in [1.807, 2.05) is 5.32 Å². The molecule has 2 rings (SSSR count). The molecule has 0 aliphatic rings. The van der Waals surface area contributed by atoms with Gasteiger partial charge in [0.25, 0.3) is 5.56 Å². The van der Waals surface area contributed by atoms with E-state index >= 15 is 0 Å². The van der Waals surface area contributed by atoms with Gasteiger partial charge in [0.2, 0.25) is 5.95 Å². The summed E-state index contributed by atoms with van der Waals surface area (Å²) in [7, 11) is 0. The maximum absolute atomic E-state index is 13.3. The number of anilines is 2. The fourth-order valence-corrected chi connectivity index (χ4v) is 2.35. The van der Waals surface area contributed by atoms with Crippen LogP contribution in [0.15, 0.2) is 41.2 Å². The number of alkyl halides is 9. The van der Waals surface area contributed by atoms with Crippen LogP contribution in [0.5, 0.6) is 0 Å². The Morgan fingerprint density at radius 1 is 1.00 bits per heavy atom. The quantitative estimate of drug-likeness (QED) is 0.491. The Morgan fingerprint density at radius 2 is 1.60 bits per heavy atom. The average Bonchev–Trinajstić information content (AvgIpc) is 2.54. The van der Waals surface area contributed by atoms with Crippen LogP contribution in [0.3, 0.4) is 0 Å². The molecule has 1 heterocycles. The van der Waals surface area contributed by atoms with Crippen molar-refractivity contribution in [2.45, 2.75) is 32.0 Å². The van der Waals surface area contributed by atoms with E-state index in [0.717, 1.165) is 0 Å². The molecule has 4 nitrogen and oxygen atoms in total. The van der Waals surface area contributed by atoms with Crippen molar-refractivity contribution in [2.24, 2.45) is 0 Å². The molecule has 30 heavy (non-hydrogen) atoms. The summed E-state index contributed by atoms with van der Waals surface area (Å²) in [6.45, 7) is 4.47. The maximum atomic E-state index is 13.3. The van der Waals surface area contributed by atoms with Gasteiger partial charge in [0.1, 0.15) is 0 Å². The van der Waals surface area contributed by atoms with Crippen LogP contribution < -0.4 is 10.9 Å². The molecular weight excluding hydrogens is 433 g/mol. The zero-order chi connectivity index (χ0) is 23.1. The monoisotopic (exact) mass is 445 g/mol. The number of hydrogen-bond acceptors (Lipinski definition) is 3. The SMILES string of the molecule is C=C(C)Cn1c(Nc2ccc(C(F)(F)F)cc2C(F)(F)F)nc(C(F)(F)F)cc1=O. The van der Waals surface area contributed by atoms with E-state index in [4.69, 9.17) is 0 Å². The highest BCUT2D eigenvalue weighted by atomic mass is 19.4. The second-order valence-electron chi connectivity index (χ2n) is 6.23. The van der Waals surface area contributed by atoms with Crippen molar-refractivity contribution < 1.29 is 39.5 Å². The van der Waals surface area contributed by atoms with Gasteiger partial charge in [-0.3, -0.25) is 9.36 Å². The van der Waals surface area contributed by atoms with Gasteiger partial charge in [-0.1, -0.05) is 12.2 Å². The van der Waals surface area contributed by atoms with E-state index in [1.54, 1.807) is 0 Å². The van der Waals surface area contributed by atoms with E-state index < -0.39 is 59.1 Å². The van der Waals surface area contributed by atoms with E-state index in [-0.39, 0.29) is 17.7 Å².